The van der Waals surface area contributed by atoms with Gasteiger partial charge < -0.3 is 10.6 Å². The van der Waals surface area contributed by atoms with Gasteiger partial charge in [-0.2, -0.15) is 0 Å². The fourth-order valence-electron chi connectivity index (χ4n) is 2.46. The van der Waals surface area contributed by atoms with Crippen molar-refractivity contribution in [1.82, 2.24) is 0 Å². The van der Waals surface area contributed by atoms with Crippen molar-refractivity contribution in [2.24, 2.45) is 5.73 Å². The van der Waals surface area contributed by atoms with Crippen molar-refractivity contribution < 1.29 is 0 Å². The van der Waals surface area contributed by atoms with Crippen LogP contribution >= 0.6 is 11.6 Å². The fraction of sp³-hybridized carbons (Fsp3) is 0.294. The Morgan fingerprint density at radius 1 is 1.05 bits per heavy atom. The molecule has 0 atom stereocenters. The van der Waals surface area contributed by atoms with Crippen LogP contribution in [0, 0.1) is 13.8 Å². The summed E-state index contributed by atoms with van der Waals surface area (Å²) in [7, 11) is 2.04. The summed E-state index contributed by atoms with van der Waals surface area (Å²) < 4.78 is 0. The maximum atomic E-state index is 6.41. The van der Waals surface area contributed by atoms with Gasteiger partial charge in [0.15, 0.2) is 0 Å². The highest BCUT2D eigenvalue weighted by Crippen LogP contribution is 2.33. The zero-order valence-electron chi connectivity index (χ0n) is 12.3. The Morgan fingerprint density at radius 3 is 2.35 bits per heavy atom. The Morgan fingerprint density at radius 2 is 1.75 bits per heavy atom. The van der Waals surface area contributed by atoms with Crippen molar-refractivity contribution in [1.29, 1.82) is 0 Å². The van der Waals surface area contributed by atoms with E-state index in [4.69, 9.17) is 17.3 Å². The first-order valence-electron chi connectivity index (χ1n) is 6.82. The zero-order chi connectivity index (χ0) is 14.7. The molecule has 106 valence electrons. The number of halogens is 1. The van der Waals surface area contributed by atoms with Gasteiger partial charge in [-0.3, -0.25) is 0 Å². The maximum absolute atomic E-state index is 6.41. The Labute approximate surface area is 126 Å². The van der Waals surface area contributed by atoms with Crippen LogP contribution in [-0.2, 0) is 6.42 Å². The molecule has 0 bridgehead atoms. The Balaban J connectivity index is 2.35. The van der Waals surface area contributed by atoms with E-state index in [9.17, 15) is 0 Å². The molecule has 0 radical (unpaired) electrons. The molecule has 2 rings (SSSR count). The minimum Gasteiger partial charge on any atom is -0.343 e. The molecule has 20 heavy (non-hydrogen) atoms. The summed E-state index contributed by atoms with van der Waals surface area (Å²) in [6.07, 6.45) is 0.854. The molecule has 0 fully saturated rings. The third-order valence-corrected chi connectivity index (χ3v) is 3.82. The molecule has 2 aromatic rings. The molecule has 0 heterocycles. The van der Waals surface area contributed by atoms with Gasteiger partial charge in [-0.1, -0.05) is 35.4 Å². The monoisotopic (exact) mass is 288 g/mol. The lowest BCUT2D eigenvalue weighted by Crippen LogP contribution is -2.12. The van der Waals surface area contributed by atoms with Gasteiger partial charge in [0.05, 0.1) is 10.7 Å². The van der Waals surface area contributed by atoms with E-state index in [-0.39, 0.29) is 0 Å². The molecule has 0 unspecified atom stereocenters. The minimum atomic E-state index is 0.641. The zero-order valence-corrected chi connectivity index (χ0v) is 13.0. The van der Waals surface area contributed by atoms with Crippen LogP contribution in [0.5, 0.6) is 0 Å². The predicted molar refractivity (Wildman–Crippen MR) is 88.2 cm³/mol. The first-order valence-corrected chi connectivity index (χ1v) is 7.20. The second-order valence-electron chi connectivity index (χ2n) is 5.17. The number of aryl methyl sites for hydroxylation is 2. The van der Waals surface area contributed by atoms with Gasteiger partial charge in [0.1, 0.15) is 0 Å². The fourth-order valence-corrected chi connectivity index (χ4v) is 2.79. The van der Waals surface area contributed by atoms with Gasteiger partial charge in [-0.25, -0.2) is 0 Å². The molecule has 0 aliphatic carbocycles. The van der Waals surface area contributed by atoms with Crippen LogP contribution in [0.1, 0.15) is 16.7 Å². The normalized spacial score (nSPS) is 10.7. The summed E-state index contributed by atoms with van der Waals surface area (Å²) in [5.41, 5.74) is 11.5. The van der Waals surface area contributed by atoms with E-state index in [1.165, 1.54) is 22.4 Å². The Bertz CT molecular complexity index is 608. The highest BCUT2D eigenvalue weighted by atomic mass is 35.5. The molecule has 0 saturated carbocycles. The standard InChI is InChI=1S/C17H21ClN2/c1-12-4-6-16(13(2)10-12)20(3)17-7-5-14(8-9-19)11-15(17)18/h4-7,10-11H,8-9,19H2,1-3H3. The number of nitrogens with zero attached hydrogens (tertiary/aromatic N) is 1. The molecular weight excluding hydrogens is 268 g/mol. The lowest BCUT2D eigenvalue weighted by molar-refractivity contribution is 0.968. The smallest absolute Gasteiger partial charge is 0.0645 e. The van der Waals surface area contributed by atoms with E-state index in [0.29, 0.717) is 6.54 Å². The van der Waals surface area contributed by atoms with E-state index >= 15 is 0 Å². The maximum Gasteiger partial charge on any atom is 0.0645 e. The largest absolute Gasteiger partial charge is 0.343 e. The van der Waals surface area contributed by atoms with E-state index in [1.54, 1.807) is 0 Å². The predicted octanol–water partition coefficient (Wildman–Crippen LogP) is 4.23. The van der Waals surface area contributed by atoms with Crippen molar-refractivity contribution in [2.75, 3.05) is 18.5 Å². The van der Waals surface area contributed by atoms with Gasteiger partial charge in [-0.05, 0) is 56.1 Å². The van der Waals surface area contributed by atoms with Crippen molar-refractivity contribution in [3.63, 3.8) is 0 Å². The second kappa shape index (κ2) is 6.29. The minimum absolute atomic E-state index is 0.641. The molecule has 2 aromatic carbocycles. The first kappa shape index (κ1) is 14.9. The summed E-state index contributed by atoms with van der Waals surface area (Å²) in [6, 6.07) is 12.6. The molecule has 0 aliphatic heterocycles. The topological polar surface area (TPSA) is 29.3 Å². The van der Waals surface area contributed by atoms with Gasteiger partial charge in [0.2, 0.25) is 0 Å². The number of rotatable bonds is 4. The van der Waals surface area contributed by atoms with Crippen LogP contribution < -0.4 is 10.6 Å². The average Bonchev–Trinajstić information content (AvgIpc) is 2.38. The van der Waals surface area contributed by atoms with Crippen LogP contribution in [0.15, 0.2) is 36.4 Å². The van der Waals surface area contributed by atoms with Crippen LogP contribution in [0.25, 0.3) is 0 Å². The van der Waals surface area contributed by atoms with Crippen molar-refractivity contribution in [3.8, 4) is 0 Å². The van der Waals surface area contributed by atoms with Crippen LogP contribution in [0.4, 0.5) is 11.4 Å². The second-order valence-corrected chi connectivity index (χ2v) is 5.58. The summed E-state index contributed by atoms with van der Waals surface area (Å²) in [4.78, 5) is 2.13. The number of anilines is 2. The first-order chi connectivity index (χ1) is 9.52. The van der Waals surface area contributed by atoms with E-state index in [1.807, 2.05) is 13.1 Å². The summed E-state index contributed by atoms with van der Waals surface area (Å²) >= 11 is 6.41. The molecule has 2 nitrogen and oxygen atoms in total. The molecule has 2 N–H and O–H groups in total. The molecule has 0 amide bonds. The lowest BCUT2D eigenvalue weighted by Gasteiger charge is -2.23. The quantitative estimate of drug-likeness (QED) is 0.912. The van der Waals surface area contributed by atoms with Gasteiger partial charge in [-0.15, -0.1) is 0 Å². The van der Waals surface area contributed by atoms with Gasteiger partial charge >= 0.3 is 0 Å². The molecular formula is C17H21ClN2. The van der Waals surface area contributed by atoms with Crippen molar-refractivity contribution in [3.05, 3.63) is 58.1 Å². The molecule has 3 heteroatoms. The number of benzene rings is 2. The Hall–Kier alpha value is -1.51. The van der Waals surface area contributed by atoms with Crippen molar-refractivity contribution in [2.45, 2.75) is 20.3 Å². The van der Waals surface area contributed by atoms with E-state index in [2.05, 4.69) is 49.1 Å². The number of hydrogen-bond acceptors (Lipinski definition) is 2. The molecule has 0 aliphatic rings. The van der Waals surface area contributed by atoms with E-state index in [0.717, 1.165) is 17.1 Å². The lowest BCUT2D eigenvalue weighted by atomic mass is 10.1. The summed E-state index contributed by atoms with van der Waals surface area (Å²) in [5, 5.41) is 0.762. The number of hydrogen-bond donors (Lipinski definition) is 1. The summed E-state index contributed by atoms with van der Waals surface area (Å²) in [6.45, 7) is 4.86. The third kappa shape index (κ3) is 3.14. The molecule has 0 saturated heterocycles. The van der Waals surface area contributed by atoms with Crippen LogP contribution in [0.3, 0.4) is 0 Å². The van der Waals surface area contributed by atoms with Crippen molar-refractivity contribution >= 4 is 23.0 Å². The summed E-state index contributed by atoms with van der Waals surface area (Å²) in [5.74, 6) is 0. The number of nitrogens with two attached hydrogens (primary N) is 1. The average molecular weight is 289 g/mol. The van der Waals surface area contributed by atoms with Crippen LogP contribution in [-0.4, -0.2) is 13.6 Å². The Kier molecular flexibility index (Phi) is 4.69. The molecule has 0 aromatic heterocycles. The van der Waals surface area contributed by atoms with E-state index < -0.39 is 0 Å². The van der Waals surface area contributed by atoms with Gasteiger partial charge in [0, 0.05) is 12.7 Å². The highest BCUT2D eigenvalue weighted by Gasteiger charge is 2.11. The SMILES string of the molecule is Cc1ccc(N(C)c2ccc(CCN)cc2Cl)c(C)c1. The highest BCUT2D eigenvalue weighted by molar-refractivity contribution is 6.33. The third-order valence-electron chi connectivity index (χ3n) is 3.52. The van der Waals surface area contributed by atoms with Gasteiger partial charge in [0.25, 0.3) is 0 Å². The molecule has 0 spiro atoms. The van der Waals surface area contributed by atoms with Crippen LogP contribution in [0.2, 0.25) is 5.02 Å².